The number of thiophene rings is 1. The second-order valence-corrected chi connectivity index (χ2v) is 5.06. The predicted octanol–water partition coefficient (Wildman–Crippen LogP) is 3.06. The van der Waals surface area contributed by atoms with E-state index in [0.717, 1.165) is 35.7 Å². The van der Waals surface area contributed by atoms with Gasteiger partial charge in [0, 0.05) is 30.4 Å². The van der Waals surface area contributed by atoms with Gasteiger partial charge in [0.2, 0.25) is 0 Å². The molecule has 0 aromatic carbocycles. The van der Waals surface area contributed by atoms with Gasteiger partial charge in [-0.3, -0.25) is 4.98 Å². The molecule has 0 saturated carbocycles. The molecule has 0 aliphatic rings. The fraction of sp³-hybridized carbons (Fsp3) is 0.357. The third-order valence-electron chi connectivity index (χ3n) is 2.95. The third-order valence-corrected chi connectivity index (χ3v) is 3.68. The monoisotopic (exact) mass is 262 g/mol. The van der Waals surface area contributed by atoms with Crippen LogP contribution in [-0.2, 0) is 13.1 Å². The molecular weight excluding hydrogens is 244 g/mol. The summed E-state index contributed by atoms with van der Waals surface area (Å²) in [5, 5.41) is 7.65. The van der Waals surface area contributed by atoms with Gasteiger partial charge < -0.3 is 10.1 Å². The van der Waals surface area contributed by atoms with E-state index in [2.05, 4.69) is 34.1 Å². The lowest BCUT2D eigenvalue weighted by molar-refractivity contribution is 0.406. The zero-order chi connectivity index (χ0) is 13.0. The van der Waals surface area contributed by atoms with E-state index in [1.54, 1.807) is 18.4 Å². The number of aryl methyl sites for hydroxylation is 1. The second kappa shape index (κ2) is 5.98. The Bertz CT molecular complexity index is 509. The number of hydrogen-bond acceptors (Lipinski definition) is 4. The van der Waals surface area contributed by atoms with Crippen molar-refractivity contribution in [3.8, 4) is 5.75 Å². The van der Waals surface area contributed by atoms with Gasteiger partial charge in [-0.25, -0.2) is 0 Å². The van der Waals surface area contributed by atoms with Crippen LogP contribution in [0.5, 0.6) is 5.75 Å². The van der Waals surface area contributed by atoms with Crippen molar-refractivity contribution in [1.82, 2.24) is 10.3 Å². The Morgan fingerprint density at radius 3 is 2.83 bits per heavy atom. The van der Waals surface area contributed by atoms with Crippen molar-refractivity contribution >= 4 is 11.3 Å². The van der Waals surface area contributed by atoms with E-state index in [9.17, 15) is 0 Å². The van der Waals surface area contributed by atoms with E-state index in [-0.39, 0.29) is 0 Å². The lowest BCUT2D eigenvalue weighted by Gasteiger charge is -2.12. The molecule has 2 aromatic rings. The summed E-state index contributed by atoms with van der Waals surface area (Å²) >= 11 is 1.72. The summed E-state index contributed by atoms with van der Waals surface area (Å²) in [4.78, 5) is 4.47. The van der Waals surface area contributed by atoms with Gasteiger partial charge in [0.25, 0.3) is 0 Å². The van der Waals surface area contributed by atoms with E-state index < -0.39 is 0 Å². The number of hydrogen-bond donors (Lipinski definition) is 1. The molecule has 2 aromatic heterocycles. The molecule has 0 saturated heterocycles. The SMILES string of the molecule is COc1c(C)cnc(CNCc2ccsc2)c1C. The smallest absolute Gasteiger partial charge is 0.128 e. The van der Waals surface area contributed by atoms with Crippen LogP contribution < -0.4 is 10.1 Å². The standard InChI is InChI=1S/C14H18N2OS/c1-10-6-16-13(11(2)14(10)17-3)8-15-7-12-4-5-18-9-12/h4-6,9,15H,7-8H2,1-3H3. The zero-order valence-electron chi connectivity index (χ0n) is 11.0. The highest BCUT2D eigenvalue weighted by molar-refractivity contribution is 7.07. The van der Waals surface area contributed by atoms with E-state index in [0.29, 0.717) is 0 Å². The van der Waals surface area contributed by atoms with Gasteiger partial charge in [-0.2, -0.15) is 11.3 Å². The van der Waals surface area contributed by atoms with Crippen LogP contribution in [0.15, 0.2) is 23.0 Å². The number of aromatic nitrogens is 1. The fourth-order valence-electron chi connectivity index (χ4n) is 1.97. The van der Waals surface area contributed by atoms with E-state index >= 15 is 0 Å². The molecule has 18 heavy (non-hydrogen) atoms. The van der Waals surface area contributed by atoms with E-state index in [4.69, 9.17) is 4.74 Å². The first-order chi connectivity index (χ1) is 8.72. The molecule has 0 spiro atoms. The van der Waals surface area contributed by atoms with Crippen molar-refractivity contribution < 1.29 is 4.74 Å². The topological polar surface area (TPSA) is 34.1 Å². The predicted molar refractivity (Wildman–Crippen MR) is 75.1 cm³/mol. The fourth-order valence-corrected chi connectivity index (χ4v) is 2.64. The summed E-state index contributed by atoms with van der Waals surface area (Å²) in [5.74, 6) is 0.942. The Morgan fingerprint density at radius 1 is 1.33 bits per heavy atom. The Balaban J connectivity index is 2.01. The summed E-state index contributed by atoms with van der Waals surface area (Å²) in [6.07, 6.45) is 1.87. The molecule has 0 atom stereocenters. The maximum Gasteiger partial charge on any atom is 0.128 e. The van der Waals surface area contributed by atoms with Gasteiger partial charge in [0.1, 0.15) is 5.75 Å². The minimum Gasteiger partial charge on any atom is -0.496 e. The highest BCUT2D eigenvalue weighted by Crippen LogP contribution is 2.23. The molecule has 0 aliphatic carbocycles. The van der Waals surface area contributed by atoms with Crippen LogP contribution in [0.4, 0.5) is 0 Å². The summed E-state index contributed by atoms with van der Waals surface area (Å²) in [6.45, 7) is 5.71. The molecule has 2 heterocycles. The van der Waals surface area contributed by atoms with Crippen molar-refractivity contribution in [3.05, 3.63) is 45.4 Å². The Hall–Kier alpha value is -1.39. The highest BCUT2D eigenvalue weighted by Gasteiger charge is 2.08. The quantitative estimate of drug-likeness (QED) is 0.899. The average Bonchev–Trinajstić information content (AvgIpc) is 2.86. The van der Waals surface area contributed by atoms with E-state index in [1.807, 2.05) is 13.1 Å². The molecule has 0 radical (unpaired) electrons. The number of pyridine rings is 1. The van der Waals surface area contributed by atoms with Crippen molar-refractivity contribution in [2.45, 2.75) is 26.9 Å². The van der Waals surface area contributed by atoms with Crippen molar-refractivity contribution in [3.63, 3.8) is 0 Å². The summed E-state index contributed by atoms with van der Waals surface area (Å²) in [6, 6.07) is 2.13. The molecule has 0 amide bonds. The molecule has 0 bridgehead atoms. The van der Waals surface area contributed by atoms with Crippen LogP contribution in [-0.4, -0.2) is 12.1 Å². The lowest BCUT2D eigenvalue weighted by Crippen LogP contribution is -2.14. The van der Waals surface area contributed by atoms with Gasteiger partial charge in [-0.05, 0) is 36.2 Å². The molecule has 0 aliphatic heterocycles. The minimum absolute atomic E-state index is 0.762. The van der Waals surface area contributed by atoms with Crippen LogP contribution in [0, 0.1) is 13.8 Å². The molecule has 3 nitrogen and oxygen atoms in total. The van der Waals surface area contributed by atoms with Crippen molar-refractivity contribution in [1.29, 1.82) is 0 Å². The molecular formula is C14H18N2OS. The van der Waals surface area contributed by atoms with Gasteiger partial charge in [-0.1, -0.05) is 0 Å². The molecule has 0 unspecified atom stereocenters. The largest absolute Gasteiger partial charge is 0.496 e. The zero-order valence-corrected chi connectivity index (χ0v) is 11.8. The normalized spacial score (nSPS) is 10.6. The number of methoxy groups -OCH3 is 1. The molecule has 0 fully saturated rings. The van der Waals surface area contributed by atoms with E-state index in [1.165, 1.54) is 5.56 Å². The van der Waals surface area contributed by atoms with Crippen molar-refractivity contribution in [2.75, 3.05) is 7.11 Å². The Labute approximate surface area is 112 Å². The first-order valence-electron chi connectivity index (χ1n) is 5.93. The van der Waals surface area contributed by atoms with Crippen LogP contribution in [0.3, 0.4) is 0 Å². The van der Waals surface area contributed by atoms with Gasteiger partial charge in [0.05, 0.1) is 12.8 Å². The van der Waals surface area contributed by atoms with Gasteiger partial charge in [0.15, 0.2) is 0 Å². The summed E-state index contributed by atoms with van der Waals surface area (Å²) in [5.41, 5.74) is 4.57. The Kier molecular flexibility index (Phi) is 4.33. The Morgan fingerprint density at radius 2 is 2.17 bits per heavy atom. The molecule has 4 heteroatoms. The number of rotatable bonds is 5. The number of ether oxygens (including phenoxy) is 1. The minimum atomic E-state index is 0.762. The van der Waals surface area contributed by atoms with Gasteiger partial charge in [-0.15, -0.1) is 0 Å². The first kappa shape index (κ1) is 13.1. The van der Waals surface area contributed by atoms with Crippen LogP contribution in [0.25, 0.3) is 0 Å². The summed E-state index contributed by atoms with van der Waals surface area (Å²) < 4.78 is 5.40. The number of nitrogens with one attached hydrogen (secondary N) is 1. The van der Waals surface area contributed by atoms with Crippen LogP contribution in [0.2, 0.25) is 0 Å². The first-order valence-corrected chi connectivity index (χ1v) is 6.87. The molecule has 2 rings (SSSR count). The van der Waals surface area contributed by atoms with Crippen molar-refractivity contribution in [2.24, 2.45) is 0 Å². The summed E-state index contributed by atoms with van der Waals surface area (Å²) in [7, 11) is 1.71. The molecule has 96 valence electrons. The van der Waals surface area contributed by atoms with Crippen LogP contribution in [0.1, 0.15) is 22.4 Å². The second-order valence-electron chi connectivity index (χ2n) is 4.28. The maximum absolute atomic E-state index is 5.40. The number of nitrogens with zero attached hydrogens (tertiary/aromatic N) is 1. The third kappa shape index (κ3) is 2.89. The lowest BCUT2D eigenvalue weighted by atomic mass is 10.1. The molecule has 1 N–H and O–H groups in total. The maximum atomic E-state index is 5.40. The van der Waals surface area contributed by atoms with Gasteiger partial charge >= 0.3 is 0 Å². The van der Waals surface area contributed by atoms with Crippen LogP contribution >= 0.6 is 11.3 Å². The highest BCUT2D eigenvalue weighted by atomic mass is 32.1. The average molecular weight is 262 g/mol.